The second-order valence-corrected chi connectivity index (χ2v) is 3.67. The van der Waals surface area contributed by atoms with E-state index >= 15 is 0 Å². The summed E-state index contributed by atoms with van der Waals surface area (Å²) < 4.78 is 0.951. The fourth-order valence-electron chi connectivity index (χ4n) is 0.838. The Morgan fingerprint density at radius 1 is 1.36 bits per heavy atom. The van der Waals surface area contributed by atoms with Gasteiger partial charge in [-0.2, -0.15) is 0 Å². The first-order chi connectivity index (χ1) is 5.13. The number of anilines is 1. The number of halogens is 2. The van der Waals surface area contributed by atoms with Crippen LogP contribution in [0.5, 0.6) is 0 Å². The Morgan fingerprint density at radius 2 is 2.00 bits per heavy atom. The lowest BCUT2D eigenvalue weighted by Gasteiger charge is -2.14. The van der Waals surface area contributed by atoms with E-state index in [2.05, 4.69) is 15.9 Å². The third kappa shape index (κ3) is 1.88. The van der Waals surface area contributed by atoms with Crippen LogP contribution in [0.15, 0.2) is 22.7 Å². The summed E-state index contributed by atoms with van der Waals surface area (Å²) >= 11 is 9.29. The molecule has 0 amide bonds. The zero-order valence-electron chi connectivity index (χ0n) is 6.44. The Kier molecular flexibility index (Phi) is 2.79. The Morgan fingerprint density at radius 3 is 2.45 bits per heavy atom. The molecule has 11 heavy (non-hydrogen) atoms. The summed E-state index contributed by atoms with van der Waals surface area (Å²) in [6.45, 7) is 0. The van der Waals surface area contributed by atoms with Crippen LogP contribution in [0.3, 0.4) is 0 Å². The van der Waals surface area contributed by atoms with Crippen LogP contribution in [0.2, 0.25) is 5.02 Å². The minimum atomic E-state index is 0.746. The Balaban J connectivity index is 3.17. The summed E-state index contributed by atoms with van der Waals surface area (Å²) in [6.07, 6.45) is 0. The van der Waals surface area contributed by atoms with Crippen molar-refractivity contribution in [3.8, 4) is 0 Å². The number of nitrogens with zero attached hydrogens (tertiary/aromatic N) is 1. The Bertz CT molecular complexity index is 260. The van der Waals surface area contributed by atoms with E-state index < -0.39 is 0 Å². The number of hydrogen-bond acceptors (Lipinski definition) is 1. The van der Waals surface area contributed by atoms with Crippen LogP contribution in [-0.2, 0) is 0 Å². The molecule has 0 aliphatic heterocycles. The van der Waals surface area contributed by atoms with Crippen molar-refractivity contribution in [2.75, 3.05) is 19.0 Å². The average molecular weight is 235 g/mol. The number of hydrogen-bond donors (Lipinski definition) is 0. The Hall–Kier alpha value is -0.210. The zero-order valence-corrected chi connectivity index (χ0v) is 8.78. The topological polar surface area (TPSA) is 3.24 Å². The van der Waals surface area contributed by atoms with Gasteiger partial charge >= 0.3 is 0 Å². The molecular weight excluding hydrogens is 225 g/mol. The van der Waals surface area contributed by atoms with Gasteiger partial charge in [0, 0.05) is 14.1 Å². The smallest absolute Gasteiger partial charge is 0.0595 e. The maximum atomic E-state index is 5.88. The molecule has 0 spiro atoms. The average Bonchev–Trinajstić information content (AvgIpc) is 1.94. The monoisotopic (exact) mass is 233 g/mol. The summed E-state index contributed by atoms with van der Waals surface area (Å²) in [6, 6.07) is 5.80. The van der Waals surface area contributed by atoms with Gasteiger partial charge in [0.1, 0.15) is 0 Å². The molecule has 1 rings (SSSR count). The van der Waals surface area contributed by atoms with Gasteiger partial charge in [0.2, 0.25) is 0 Å². The lowest BCUT2D eigenvalue weighted by Crippen LogP contribution is -2.08. The van der Waals surface area contributed by atoms with Crippen LogP contribution < -0.4 is 4.90 Å². The van der Waals surface area contributed by atoms with Crippen molar-refractivity contribution >= 4 is 33.2 Å². The van der Waals surface area contributed by atoms with Gasteiger partial charge in [-0.3, -0.25) is 0 Å². The quantitative estimate of drug-likeness (QED) is 0.721. The molecule has 3 heteroatoms. The molecular formula is C8H9BrClN. The maximum absolute atomic E-state index is 5.88. The van der Waals surface area contributed by atoms with E-state index in [1.807, 2.05) is 37.2 Å². The molecule has 0 N–H and O–H groups in total. The summed E-state index contributed by atoms with van der Waals surface area (Å²) in [4.78, 5) is 2.01. The van der Waals surface area contributed by atoms with E-state index in [0.717, 1.165) is 15.2 Å². The fourth-order valence-corrected chi connectivity index (χ4v) is 1.63. The minimum absolute atomic E-state index is 0.746. The number of rotatable bonds is 1. The van der Waals surface area contributed by atoms with Crippen molar-refractivity contribution in [1.29, 1.82) is 0 Å². The summed E-state index contributed by atoms with van der Waals surface area (Å²) in [5.74, 6) is 0. The molecule has 0 unspecified atom stereocenters. The highest BCUT2D eigenvalue weighted by Crippen LogP contribution is 2.31. The van der Waals surface area contributed by atoms with Crippen molar-refractivity contribution < 1.29 is 0 Å². The van der Waals surface area contributed by atoms with Gasteiger partial charge in [0.25, 0.3) is 0 Å². The minimum Gasteiger partial charge on any atom is -0.377 e. The highest BCUT2D eigenvalue weighted by atomic mass is 79.9. The lowest BCUT2D eigenvalue weighted by atomic mass is 10.3. The molecule has 0 atom stereocenters. The molecule has 0 bridgehead atoms. The van der Waals surface area contributed by atoms with Crippen molar-refractivity contribution in [1.82, 2.24) is 0 Å². The predicted octanol–water partition coefficient (Wildman–Crippen LogP) is 3.17. The van der Waals surface area contributed by atoms with Gasteiger partial charge in [-0.05, 0) is 28.1 Å². The van der Waals surface area contributed by atoms with E-state index in [1.54, 1.807) is 0 Å². The van der Waals surface area contributed by atoms with Gasteiger partial charge in [-0.1, -0.05) is 17.7 Å². The first-order valence-corrected chi connectivity index (χ1v) is 4.41. The van der Waals surface area contributed by atoms with E-state index in [0.29, 0.717) is 0 Å². The summed E-state index contributed by atoms with van der Waals surface area (Å²) in [7, 11) is 3.97. The summed E-state index contributed by atoms with van der Waals surface area (Å²) in [5.41, 5.74) is 1.09. The SMILES string of the molecule is CN(C)c1cccc(Cl)c1Br. The van der Waals surface area contributed by atoms with Gasteiger partial charge < -0.3 is 4.90 Å². The van der Waals surface area contributed by atoms with Crippen molar-refractivity contribution in [2.45, 2.75) is 0 Å². The molecule has 1 nitrogen and oxygen atoms in total. The molecule has 0 saturated carbocycles. The molecule has 0 aliphatic carbocycles. The first kappa shape index (κ1) is 8.88. The fraction of sp³-hybridized carbons (Fsp3) is 0.250. The van der Waals surface area contributed by atoms with Gasteiger partial charge in [0.05, 0.1) is 15.2 Å². The molecule has 0 heterocycles. The molecule has 0 saturated heterocycles. The second-order valence-electron chi connectivity index (χ2n) is 2.47. The van der Waals surface area contributed by atoms with Crippen molar-refractivity contribution in [3.05, 3.63) is 27.7 Å². The van der Waals surface area contributed by atoms with Crippen molar-refractivity contribution in [3.63, 3.8) is 0 Å². The second kappa shape index (κ2) is 3.46. The number of benzene rings is 1. The van der Waals surface area contributed by atoms with E-state index in [-0.39, 0.29) is 0 Å². The van der Waals surface area contributed by atoms with Crippen LogP contribution in [0.1, 0.15) is 0 Å². The maximum Gasteiger partial charge on any atom is 0.0595 e. The van der Waals surface area contributed by atoms with Gasteiger partial charge in [0.15, 0.2) is 0 Å². The molecule has 60 valence electrons. The lowest BCUT2D eigenvalue weighted by molar-refractivity contribution is 1.12. The van der Waals surface area contributed by atoms with Gasteiger partial charge in [-0.25, -0.2) is 0 Å². The Labute approximate surface area is 80.1 Å². The van der Waals surface area contributed by atoms with Crippen molar-refractivity contribution in [2.24, 2.45) is 0 Å². The molecule has 1 aromatic rings. The highest BCUT2D eigenvalue weighted by Gasteiger charge is 2.03. The highest BCUT2D eigenvalue weighted by molar-refractivity contribution is 9.10. The van der Waals surface area contributed by atoms with Crippen LogP contribution >= 0.6 is 27.5 Å². The predicted molar refractivity (Wildman–Crippen MR) is 53.5 cm³/mol. The largest absolute Gasteiger partial charge is 0.377 e. The molecule has 0 radical (unpaired) electrons. The van der Waals surface area contributed by atoms with E-state index in [9.17, 15) is 0 Å². The standard InChI is InChI=1S/C8H9BrClN/c1-11(2)7-5-3-4-6(10)8(7)9/h3-5H,1-2H3. The van der Waals surface area contributed by atoms with Crippen LogP contribution in [0.25, 0.3) is 0 Å². The van der Waals surface area contributed by atoms with Crippen LogP contribution in [0.4, 0.5) is 5.69 Å². The first-order valence-electron chi connectivity index (χ1n) is 3.24. The zero-order chi connectivity index (χ0) is 8.43. The molecule has 1 aromatic carbocycles. The molecule has 0 aliphatic rings. The molecule has 0 aromatic heterocycles. The van der Waals surface area contributed by atoms with Crippen LogP contribution in [0, 0.1) is 0 Å². The normalized spacial score (nSPS) is 9.82. The molecule has 0 fully saturated rings. The summed E-state index contributed by atoms with van der Waals surface area (Å²) in [5, 5.41) is 0.746. The third-order valence-electron chi connectivity index (χ3n) is 1.41. The van der Waals surface area contributed by atoms with Gasteiger partial charge in [-0.15, -0.1) is 0 Å². The van der Waals surface area contributed by atoms with Crippen LogP contribution in [-0.4, -0.2) is 14.1 Å². The third-order valence-corrected chi connectivity index (χ3v) is 2.79. The van der Waals surface area contributed by atoms with E-state index in [1.165, 1.54) is 0 Å². The van der Waals surface area contributed by atoms with E-state index in [4.69, 9.17) is 11.6 Å².